The zero-order valence-corrected chi connectivity index (χ0v) is 11.1. The molecule has 2 nitrogen and oxygen atoms in total. The Kier molecular flexibility index (Phi) is 3.13. The van der Waals surface area contributed by atoms with Gasteiger partial charge in [-0.25, -0.2) is 0 Å². The van der Waals surface area contributed by atoms with Crippen LogP contribution in [0.4, 0.5) is 0 Å². The minimum absolute atomic E-state index is 0.629. The molecule has 0 aliphatic heterocycles. The van der Waals surface area contributed by atoms with Crippen LogP contribution in [-0.4, -0.2) is 4.57 Å². The Morgan fingerprint density at radius 3 is 2.67 bits per heavy atom. The van der Waals surface area contributed by atoms with E-state index in [1.165, 1.54) is 42.1 Å². The predicted octanol–water partition coefficient (Wildman–Crippen LogP) is 3.85. The predicted molar refractivity (Wildman–Crippen MR) is 76.5 cm³/mol. The molecule has 0 spiro atoms. The number of para-hydroxylation sites is 1. The minimum atomic E-state index is 0.629. The number of hydrogen-bond acceptors (Lipinski definition) is 1. The van der Waals surface area contributed by atoms with Crippen LogP contribution in [0.3, 0.4) is 0 Å². The highest BCUT2D eigenvalue weighted by Crippen LogP contribution is 2.35. The van der Waals surface area contributed by atoms with Crippen molar-refractivity contribution in [1.82, 2.24) is 4.57 Å². The average Bonchev–Trinajstić information content (AvgIpc) is 2.83. The van der Waals surface area contributed by atoms with Gasteiger partial charge in [-0.05, 0) is 48.6 Å². The van der Waals surface area contributed by atoms with E-state index < -0.39 is 0 Å². The van der Waals surface area contributed by atoms with Crippen LogP contribution >= 0.6 is 0 Å². The topological polar surface area (TPSA) is 30.9 Å². The number of nitrogens with zero attached hydrogens (tertiary/aromatic N) is 1. The van der Waals surface area contributed by atoms with Crippen molar-refractivity contribution in [2.45, 2.75) is 45.2 Å². The standard InChI is InChI=1S/C16H22N2/c1-12-5-7-15(8-6-12)18-10-9-13-3-2-4-14(11-17)16(13)18/h2-4,9-10,12,15H,5-8,11,17H2,1H3. The Hall–Kier alpha value is -1.28. The van der Waals surface area contributed by atoms with Gasteiger partial charge in [0, 0.05) is 18.8 Å². The van der Waals surface area contributed by atoms with Crippen molar-refractivity contribution in [1.29, 1.82) is 0 Å². The fourth-order valence-corrected chi connectivity index (χ4v) is 3.29. The van der Waals surface area contributed by atoms with E-state index in [4.69, 9.17) is 5.73 Å². The molecule has 1 aromatic carbocycles. The maximum absolute atomic E-state index is 5.88. The summed E-state index contributed by atoms with van der Waals surface area (Å²) in [7, 11) is 0. The van der Waals surface area contributed by atoms with E-state index in [9.17, 15) is 0 Å². The Morgan fingerprint density at radius 1 is 1.17 bits per heavy atom. The molecule has 3 rings (SSSR count). The van der Waals surface area contributed by atoms with Crippen molar-refractivity contribution in [3.63, 3.8) is 0 Å². The van der Waals surface area contributed by atoms with Gasteiger partial charge in [0.25, 0.3) is 0 Å². The lowest BCUT2D eigenvalue weighted by Gasteiger charge is -2.28. The van der Waals surface area contributed by atoms with Gasteiger partial charge in [-0.3, -0.25) is 0 Å². The third-order valence-corrected chi connectivity index (χ3v) is 4.42. The number of fused-ring (bicyclic) bond motifs is 1. The molecule has 2 aromatic rings. The second kappa shape index (κ2) is 4.77. The van der Waals surface area contributed by atoms with E-state index in [0.717, 1.165) is 5.92 Å². The molecule has 2 heteroatoms. The summed E-state index contributed by atoms with van der Waals surface area (Å²) in [6.07, 6.45) is 7.59. The number of aromatic nitrogens is 1. The zero-order valence-electron chi connectivity index (χ0n) is 11.1. The first-order chi connectivity index (χ1) is 8.79. The first-order valence-electron chi connectivity index (χ1n) is 7.08. The van der Waals surface area contributed by atoms with Crippen molar-refractivity contribution in [2.24, 2.45) is 11.7 Å². The molecule has 1 fully saturated rings. The van der Waals surface area contributed by atoms with Crippen LogP contribution in [0.25, 0.3) is 10.9 Å². The van der Waals surface area contributed by atoms with E-state index in [0.29, 0.717) is 12.6 Å². The molecular weight excluding hydrogens is 220 g/mol. The highest BCUT2D eigenvalue weighted by molar-refractivity contribution is 5.83. The smallest absolute Gasteiger partial charge is 0.0528 e. The fraction of sp³-hybridized carbons (Fsp3) is 0.500. The summed E-state index contributed by atoms with van der Waals surface area (Å²) >= 11 is 0. The van der Waals surface area contributed by atoms with Crippen LogP contribution in [-0.2, 0) is 6.54 Å². The molecule has 2 N–H and O–H groups in total. The largest absolute Gasteiger partial charge is 0.344 e. The van der Waals surface area contributed by atoms with E-state index in [1.54, 1.807) is 0 Å². The lowest BCUT2D eigenvalue weighted by Crippen LogP contribution is -2.16. The van der Waals surface area contributed by atoms with Gasteiger partial charge in [0.2, 0.25) is 0 Å². The highest BCUT2D eigenvalue weighted by Gasteiger charge is 2.21. The molecule has 0 unspecified atom stereocenters. The lowest BCUT2D eigenvalue weighted by molar-refractivity contribution is 0.294. The van der Waals surface area contributed by atoms with Crippen molar-refractivity contribution >= 4 is 10.9 Å². The summed E-state index contributed by atoms with van der Waals surface area (Å²) in [5.74, 6) is 0.900. The quantitative estimate of drug-likeness (QED) is 0.852. The van der Waals surface area contributed by atoms with Crippen LogP contribution < -0.4 is 5.73 Å². The Balaban J connectivity index is 2.01. The molecule has 18 heavy (non-hydrogen) atoms. The van der Waals surface area contributed by atoms with Crippen LogP contribution in [0.15, 0.2) is 30.5 Å². The van der Waals surface area contributed by atoms with Gasteiger partial charge in [-0.15, -0.1) is 0 Å². The zero-order chi connectivity index (χ0) is 12.5. The van der Waals surface area contributed by atoms with Crippen LogP contribution in [0.2, 0.25) is 0 Å². The molecular formula is C16H22N2. The summed E-state index contributed by atoms with van der Waals surface area (Å²) in [5.41, 5.74) is 8.52. The minimum Gasteiger partial charge on any atom is -0.344 e. The lowest BCUT2D eigenvalue weighted by atomic mass is 9.87. The summed E-state index contributed by atoms with van der Waals surface area (Å²) < 4.78 is 2.48. The molecule has 1 aromatic heterocycles. The number of rotatable bonds is 2. The van der Waals surface area contributed by atoms with Gasteiger partial charge in [0.05, 0.1) is 5.52 Å². The molecule has 0 amide bonds. The maximum Gasteiger partial charge on any atom is 0.0528 e. The van der Waals surface area contributed by atoms with E-state index in [2.05, 4.69) is 42.0 Å². The van der Waals surface area contributed by atoms with Gasteiger partial charge in [-0.2, -0.15) is 0 Å². The van der Waals surface area contributed by atoms with Crippen molar-refractivity contribution in [2.75, 3.05) is 0 Å². The van der Waals surface area contributed by atoms with Crippen molar-refractivity contribution < 1.29 is 0 Å². The Bertz CT molecular complexity index is 533. The van der Waals surface area contributed by atoms with Gasteiger partial charge in [0.15, 0.2) is 0 Å². The van der Waals surface area contributed by atoms with E-state index in [1.807, 2.05) is 0 Å². The molecule has 0 atom stereocenters. The Labute approximate surface area is 109 Å². The SMILES string of the molecule is CC1CCC(n2ccc3cccc(CN)c32)CC1. The maximum atomic E-state index is 5.88. The first kappa shape index (κ1) is 11.8. The summed E-state index contributed by atoms with van der Waals surface area (Å²) in [5, 5.41) is 1.33. The number of hydrogen-bond donors (Lipinski definition) is 1. The molecule has 0 bridgehead atoms. The number of nitrogens with two attached hydrogens (primary N) is 1. The Morgan fingerprint density at radius 2 is 1.94 bits per heavy atom. The first-order valence-corrected chi connectivity index (χ1v) is 7.08. The summed E-state index contributed by atoms with van der Waals surface area (Å²) in [6, 6.07) is 9.36. The number of benzene rings is 1. The second-order valence-corrected chi connectivity index (χ2v) is 5.70. The van der Waals surface area contributed by atoms with Gasteiger partial charge in [0.1, 0.15) is 0 Å². The average molecular weight is 242 g/mol. The molecule has 96 valence electrons. The molecule has 1 aliphatic rings. The normalized spacial score (nSPS) is 24.6. The van der Waals surface area contributed by atoms with Crippen LogP contribution in [0.5, 0.6) is 0 Å². The molecule has 1 saturated carbocycles. The molecule has 0 radical (unpaired) electrons. The summed E-state index contributed by atoms with van der Waals surface area (Å²) in [4.78, 5) is 0. The van der Waals surface area contributed by atoms with Crippen molar-refractivity contribution in [3.05, 3.63) is 36.0 Å². The van der Waals surface area contributed by atoms with Gasteiger partial charge in [-0.1, -0.05) is 25.1 Å². The fourth-order valence-electron chi connectivity index (χ4n) is 3.29. The summed E-state index contributed by atoms with van der Waals surface area (Å²) in [6.45, 7) is 3.00. The van der Waals surface area contributed by atoms with E-state index >= 15 is 0 Å². The van der Waals surface area contributed by atoms with Gasteiger partial charge < -0.3 is 10.3 Å². The van der Waals surface area contributed by atoms with Gasteiger partial charge >= 0.3 is 0 Å². The van der Waals surface area contributed by atoms with Crippen molar-refractivity contribution in [3.8, 4) is 0 Å². The van der Waals surface area contributed by atoms with Crippen LogP contribution in [0, 0.1) is 5.92 Å². The third kappa shape index (κ3) is 1.95. The molecule has 0 saturated heterocycles. The van der Waals surface area contributed by atoms with Crippen LogP contribution in [0.1, 0.15) is 44.2 Å². The molecule has 1 aliphatic carbocycles. The third-order valence-electron chi connectivity index (χ3n) is 4.42. The second-order valence-electron chi connectivity index (χ2n) is 5.70. The molecule has 1 heterocycles. The monoisotopic (exact) mass is 242 g/mol. The highest BCUT2D eigenvalue weighted by atomic mass is 15.0. The van der Waals surface area contributed by atoms with E-state index in [-0.39, 0.29) is 0 Å².